The summed E-state index contributed by atoms with van der Waals surface area (Å²) in [5, 5.41) is 0. The lowest BCUT2D eigenvalue weighted by molar-refractivity contribution is 0.129. The monoisotopic (exact) mass is 405 g/mol. The van der Waals surface area contributed by atoms with Gasteiger partial charge in [0.1, 0.15) is 0 Å². The molecule has 3 heteroatoms. The quantitative estimate of drug-likeness (QED) is 0.186. The molecule has 2 N–H and O–H groups in total. The van der Waals surface area contributed by atoms with Crippen LogP contribution < -0.4 is 5.73 Å². The van der Waals surface area contributed by atoms with Crippen LogP contribution >= 0.6 is 17.0 Å². The van der Waals surface area contributed by atoms with Gasteiger partial charge in [-0.05, 0) is 45.1 Å². The van der Waals surface area contributed by atoms with Crippen LogP contribution in [0.5, 0.6) is 0 Å². The Morgan fingerprint density at radius 3 is 1.62 bits per heavy atom. The SMILES string of the molecule is Br.CCCCCCCCC=CCCCCCCCCOCCCN. The second-order valence-corrected chi connectivity index (χ2v) is 6.69. The van der Waals surface area contributed by atoms with E-state index in [2.05, 4.69) is 19.1 Å². The van der Waals surface area contributed by atoms with Crippen LogP contribution in [0.1, 0.15) is 103 Å². The molecule has 146 valence electrons. The van der Waals surface area contributed by atoms with E-state index in [4.69, 9.17) is 10.5 Å². The Morgan fingerprint density at radius 1 is 0.625 bits per heavy atom. The highest BCUT2D eigenvalue weighted by molar-refractivity contribution is 8.93. The predicted molar refractivity (Wildman–Crippen MR) is 114 cm³/mol. The van der Waals surface area contributed by atoms with Crippen LogP contribution in [0.15, 0.2) is 12.2 Å². The third-order valence-corrected chi connectivity index (χ3v) is 4.29. The fourth-order valence-electron chi connectivity index (χ4n) is 2.74. The van der Waals surface area contributed by atoms with Crippen molar-refractivity contribution in [3.05, 3.63) is 12.2 Å². The maximum absolute atomic E-state index is 5.50. The van der Waals surface area contributed by atoms with Gasteiger partial charge in [0.2, 0.25) is 0 Å². The van der Waals surface area contributed by atoms with Crippen LogP contribution in [-0.2, 0) is 4.74 Å². The molecule has 0 aliphatic carbocycles. The first-order valence-corrected chi connectivity index (χ1v) is 10.3. The maximum Gasteiger partial charge on any atom is 0.0478 e. The highest BCUT2D eigenvalue weighted by atomic mass is 79.9. The molecule has 0 aliphatic rings. The predicted octanol–water partition coefficient (Wildman–Crippen LogP) is 6.97. The van der Waals surface area contributed by atoms with E-state index in [1.54, 1.807) is 0 Å². The molecule has 0 saturated heterocycles. The molecule has 0 spiro atoms. The van der Waals surface area contributed by atoms with Crippen molar-refractivity contribution < 1.29 is 4.74 Å². The lowest BCUT2D eigenvalue weighted by atomic mass is 10.1. The van der Waals surface area contributed by atoms with Crippen molar-refractivity contribution >= 4 is 17.0 Å². The van der Waals surface area contributed by atoms with Gasteiger partial charge in [0, 0.05) is 13.2 Å². The number of hydrogen-bond acceptors (Lipinski definition) is 2. The summed E-state index contributed by atoms with van der Waals surface area (Å²) in [5.74, 6) is 0. The smallest absolute Gasteiger partial charge is 0.0478 e. The fraction of sp³-hybridized carbons (Fsp3) is 0.905. The van der Waals surface area contributed by atoms with Crippen LogP contribution in [-0.4, -0.2) is 19.8 Å². The number of unbranched alkanes of at least 4 members (excludes halogenated alkanes) is 12. The summed E-state index contributed by atoms with van der Waals surface area (Å²) in [6.07, 6.45) is 24.8. The average Bonchev–Trinajstić information content (AvgIpc) is 2.57. The molecule has 0 heterocycles. The number of hydrogen-bond donors (Lipinski definition) is 1. The molecule has 0 rings (SSSR count). The van der Waals surface area contributed by atoms with Crippen molar-refractivity contribution in [1.29, 1.82) is 0 Å². The summed E-state index contributed by atoms with van der Waals surface area (Å²) in [4.78, 5) is 0. The van der Waals surface area contributed by atoms with E-state index in [9.17, 15) is 0 Å². The Kier molecular flexibility index (Phi) is 27.9. The average molecular weight is 406 g/mol. The second kappa shape index (κ2) is 25.4. The van der Waals surface area contributed by atoms with Gasteiger partial charge in [-0.15, -0.1) is 17.0 Å². The summed E-state index contributed by atoms with van der Waals surface area (Å²) in [6, 6.07) is 0. The Balaban J connectivity index is 0. The van der Waals surface area contributed by atoms with Crippen molar-refractivity contribution in [2.45, 2.75) is 103 Å². The third kappa shape index (κ3) is 24.4. The standard InChI is InChI=1S/C21H43NO.BrH/c1-2-3-4-5-6-7-8-9-10-11-12-13-14-15-16-17-20-23-21-18-19-22;/h9-10H,2-8,11-22H2,1H3;1H. The van der Waals surface area contributed by atoms with Crippen LogP contribution in [0.2, 0.25) is 0 Å². The normalized spacial score (nSPS) is 11.1. The van der Waals surface area contributed by atoms with Crippen LogP contribution in [0, 0.1) is 0 Å². The molecule has 0 aromatic carbocycles. The van der Waals surface area contributed by atoms with Gasteiger partial charge in [0.15, 0.2) is 0 Å². The van der Waals surface area contributed by atoms with Crippen molar-refractivity contribution in [2.24, 2.45) is 5.73 Å². The first-order valence-electron chi connectivity index (χ1n) is 10.3. The lowest BCUT2D eigenvalue weighted by Crippen LogP contribution is -2.04. The lowest BCUT2D eigenvalue weighted by Gasteiger charge is -2.03. The second-order valence-electron chi connectivity index (χ2n) is 6.69. The zero-order valence-corrected chi connectivity index (χ0v) is 18.0. The number of nitrogens with two attached hydrogens (primary N) is 1. The van der Waals surface area contributed by atoms with Gasteiger partial charge < -0.3 is 10.5 Å². The summed E-state index contributed by atoms with van der Waals surface area (Å²) >= 11 is 0. The Hall–Kier alpha value is 0.140. The maximum atomic E-state index is 5.50. The van der Waals surface area contributed by atoms with Crippen molar-refractivity contribution in [1.82, 2.24) is 0 Å². The van der Waals surface area contributed by atoms with E-state index in [1.165, 1.54) is 89.9 Å². The molecular formula is C21H44BrNO. The Labute approximate surface area is 162 Å². The van der Waals surface area contributed by atoms with Gasteiger partial charge in [-0.25, -0.2) is 0 Å². The molecule has 0 unspecified atom stereocenters. The fourth-order valence-corrected chi connectivity index (χ4v) is 2.74. The summed E-state index contributed by atoms with van der Waals surface area (Å²) in [7, 11) is 0. The minimum atomic E-state index is 0. The number of ether oxygens (including phenoxy) is 1. The molecule has 0 aliphatic heterocycles. The van der Waals surface area contributed by atoms with Gasteiger partial charge in [0.05, 0.1) is 0 Å². The molecule has 0 aromatic heterocycles. The van der Waals surface area contributed by atoms with Gasteiger partial charge in [-0.1, -0.05) is 76.9 Å². The minimum absolute atomic E-state index is 0. The molecule has 0 amide bonds. The Bertz CT molecular complexity index is 234. The summed E-state index contributed by atoms with van der Waals surface area (Å²) in [6.45, 7) is 4.78. The molecule has 0 aromatic rings. The molecule has 0 bridgehead atoms. The molecule has 0 fully saturated rings. The van der Waals surface area contributed by atoms with E-state index in [0.29, 0.717) is 0 Å². The largest absolute Gasteiger partial charge is 0.381 e. The number of rotatable bonds is 19. The van der Waals surface area contributed by atoms with Crippen LogP contribution in [0.4, 0.5) is 0 Å². The third-order valence-electron chi connectivity index (χ3n) is 4.29. The molecule has 24 heavy (non-hydrogen) atoms. The van der Waals surface area contributed by atoms with Crippen molar-refractivity contribution in [2.75, 3.05) is 19.8 Å². The zero-order valence-electron chi connectivity index (χ0n) is 16.3. The first kappa shape index (κ1) is 26.4. The number of halogens is 1. The summed E-state index contributed by atoms with van der Waals surface area (Å²) in [5.41, 5.74) is 5.42. The molecule has 0 atom stereocenters. The molecule has 0 radical (unpaired) electrons. The van der Waals surface area contributed by atoms with Crippen molar-refractivity contribution in [3.63, 3.8) is 0 Å². The zero-order chi connectivity index (χ0) is 16.8. The topological polar surface area (TPSA) is 35.2 Å². The van der Waals surface area contributed by atoms with E-state index >= 15 is 0 Å². The van der Waals surface area contributed by atoms with Crippen molar-refractivity contribution in [3.8, 4) is 0 Å². The van der Waals surface area contributed by atoms with E-state index < -0.39 is 0 Å². The molecule has 0 saturated carbocycles. The van der Waals surface area contributed by atoms with Crippen LogP contribution in [0.25, 0.3) is 0 Å². The summed E-state index contributed by atoms with van der Waals surface area (Å²) < 4.78 is 5.50. The van der Waals surface area contributed by atoms with Gasteiger partial charge in [-0.2, -0.15) is 0 Å². The highest BCUT2D eigenvalue weighted by Crippen LogP contribution is 2.09. The van der Waals surface area contributed by atoms with Gasteiger partial charge >= 0.3 is 0 Å². The van der Waals surface area contributed by atoms with E-state index in [-0.39, 0.29) is 17.0 Å². The minimum Gasteiger partial charge on any atom is -0.381 e. The molecule has 2 nitrogen and oxygen atoms in total. The number of allylic oxidation sites excluding steroid dienone is 2. The highest BCUT2D eigenvalue weighted by Gasteiger charge is 1.92. The van der Waals surface area contributed by atoms with E-state index in [0.717, 1.165) is 26.2 Å². The molecular weight excluding hydrogens is 362 g/mol. The first-order chi connectivity index (χ1) is 11.4. The van der Waals surface area contributed by atoms with Crippen LogP contribution in [0.3, 0.4) is 0 Å². The van der Waals surface area contributed by atoms with E-state index in [1.807, 2.05) is 0 Å². The Morgan fingerprint density at radius 2 is 1.08 bits per heavy atom. The van der Waals surface area contributed by atoms with Gasteiger partial charge in [-0.3, -0.25) is 0 Å². The van der Waals surface area contributed by atoms with Gasteiger partial charge in [0.25, 0.3) is 0 Å².